The van der Waals surface area contributed by atoms with Gasteiger partial charge in [-0.15, -0.1) is 0 Å². The molecule has 0 heterocycles. The van der Waals surface area contributed by atoms with Crippen molar-refractivity contribution < 1.29 is 9.53 Å². The van der Waals surface area contributed by atoms with Gasteiger partial charge in [0.25, 0.3) is 0 Å². The van der Waals surface area contributed by atoms with Gasteiger partial charge in [-0.05, 0) is 35.7 Å². The molecule has 1 amide bonds. The third kappa shape index (κ3) is 1.31. The van der Waals surface area contributed by atoms with Crippen molar-refractivity contribution in [1.82, 2.24) is 0 Å². The van der Waals surface area contributed by atoms with E-state index in [0.717, 1.165) is 12.3 Å². The molecule has 2 bridgehead atoms. The average Bonchev–Trinajstić information content (AvgIpc) is 2.14. The number of allylic oxidation sites excluding steroid dienone is 1. The molecule has 0 aromatic heterocycles. The van der Waals surface area contributed by atoms with Gasteiger partial charge in [0, 0.05) is 0 Å². The van der Waals surface area contributed by atoms with Crippen molar-refractivity contribution in [3.8, 4) is 0 Å². The smallest absolute Gasteiger partial charge is 0.404 e. The van der Waals surface area contributed by atoms with Crippen LogP contribution in [0.2, 0.25) is 0 Å². The summed E-state index contributed by atoms with van der Waals surface area (Å²) in [5.74, 6) is 1.42. The summed E-state index contributed by atoms with van der Waals surface area (Å²) >= 11 is 0. The first kappa shape index (κ1) is 9.56. The van der Waals surface area contributed by atoms with Crippen molar-refractivity contribution in [3.63, 3.8) is 0 Å². The van der Waals surface area contributed by atoms with Gasteiger partial charge < -0.3 is 10.5 Å². The fourth-order valence-electron chi connectivity index (χ4n) is 2.80. The second-order valence-electron chi connectivity index (χ2n) is 4.93. The minimum Gasteiger partial charge on any atom is -0.445 e. The van der Waals surface area contributed by atoms with Crippen molar-refractivity contribution in [2.45, 2.75) is 26.7 Å². The van der Waals surface area contributed by atoms with Crippen LogP contribution < -0.4 is 5.73 Å². The van der Waals surface area contributed by atoms with Gasteiger partial charge in [-0.1, -0.05) is 19.9 Å². The van der Waals surface area contributed by atoms with E-state index in [9.17, 15) is 4.79 Å². The van der Waals surface area contributed by atoms with Crippen LogP contribution in [0.15, 0.2) is 11.6 Å². The maximum absolute atomic E-state index is 10.5. The van der Waals surface area contributed by atoms with E-state index in [4.69, 9.17) is 10.5 Å². The number of primary amides is 1. The molecular formula is C11H17NO2. The number of hydrogen-bond acceptors (Lipinski definition) is 2. The minimum atomic E-state index is -0.676. The molecule has 3 aliphatic carbocycles. The van der Waals surface area contributed by atoms with Crippen LogP contribution >= 0.6 is 0 Å². The number of hydrogen-bond donors (Lipinski definition) is 1. The molecule has 0 aromatic carbocycles. The molecule has 0 radical (unpaired) electrons. The molecule has 3 aliphatic rings. The van der Waals surface area contributed by atoms with E-state index in [1.807, 2.05) is 0 Å². The first-order chi connectivity index (χ1) is 6.51. The van der Waals surface area contributed by atoms with E-state index < -0.39 is 6.09 Å². The number of amides is 1. The number of rotatable bonds is 2. The van der Waals surface area contributed by atoms with Gasteiger partial charge in [-0.2, -0.15) is 0 Å². The normalized spacial score (nSPS) is 32.9. The summed E-state index contributed by atoms with van der Waals surface area (Å²) in [7, 11) is 0. The molecule has 1 saturated carbocycles. The number of carbonyl (C=O) groups is 1. The summed E-state index contributed by atoms with van der Waals surface area (Å²) in [5, 5.41) is 0. The Bertz CT molecular complexity index is 294. The Morgan fingerprint density at radius 3 is 2.93 bits per heavy atom. The zero-order chi connectivity index (χ0) is 10.3. The van der Waals surface area contributed by atoms with Crippen molar-refractivity contribution in [2.75, 3.05) is 6.61 Å². The first-order valence-corrected chi connectivity index (χ1v) is 5.13. The summed E-state index contributed by atoms with van der Waals surface area (Å²) < 4.78 is 4.84. The Balaban J connectivity index is 2.00. The summed E-state index contributed by atoms with van der Waals surface area (Å²) in [5.41, 5.74) is 6.60. The maximum Gasteiger partial charge on any atom is 0.404 e. The fraction of sp³-hybridized carbons (Fsp3) is 0.727. The standard InChI is InChI=1S/C11H17NO2/c1-11(2)8-4-3-7(9(11)5-8)6-14-10(12)13/h3,8-9H,4-6H2,1-2H3,(H2,12,13). The number of nitrogens with two attached hydrogens (primary N) is 1. The zero-order valence-corrected chi connectivity index (χ0v) is 8.75. The maximum atomic E-state index is 10.5. The highest BCUT2D eigenvalue weighted by Crippen LogP contribution is 2.59. The van der Waals surface area contributed by atoms with Gasteiger partial charge in [0.1, 0.15) is 6.61 Å². The highest BCUT2D eigenvalue weighted by atomic mass is 16.5. The second kappa shape index (κ2) is 3.01. The quantitative estimate of drug-likeness (QED) is 0.686. The van der Waals surface area contributed by atoms with Crippen LogP contribution in [-0.2, 0) is 4.74 Å². The molecule has 3 rings (SSSR count). The van der Waals surface area contributed by atoms with Crippen LogP contribution in [0.4, 0.5) is 4.79 Å². The monoisotopic (exact) mass is 195 g/mol. The second-order valence-corrected chi connectivity index (χ2v) is 4.93. The number of ether oxygens (including phenoxy) is 1. The molecule has 14 heavy (non-hydrogen) atoms. The van der Waals surface area contributed by atoms with Gasteiger partial charge in [-0.3, -0.25) is 0 Å². The van der Waals surface area contributed by atoms with Crippen LogP contribution in [0.25, 0.3) is 0 Å². The molecule has 0 aliphatic heterocycles. The van der Waals surface area contributed by atoms with E-state index in [1.54, 1.807) is 0 Å². The summed E-state index contributed by atoms with van der Waals surface area (Å²) in [6, 6.07) is 0. The van der Waals surface area contributed by atoms with Gasteiger partial charge in [0.05, 0.1) is 0 Å². The Hall–Kier alpha value is -0.990. The molecule has 78 valence electrons. The van der Waals surface area contributed by atoms with E-state index in [-0.39, 0.29) is 0 Å². The van der Waals surface area contributed by atoms with Crippen molar-refractivity contribution in [1.29, 1.82) is 0 Å². The predicted octanol–water partition coefficient (Wildman–Crippen LogP) is 2.07. The van der Waals surface area contributed by atoms with Gasteiger partial charge >= 0.3 is 6.09 Å². The molecule has 2 N–H and O–H groups in total. The lowest BCUT2D eigenvalue weighted by molar-refractivity contribution is -0.0132. The van der Waals surface area contributed by atoms with Gasteiger partial charge in [0.2, 0.25) is 0 Å². The largest absolute Gasteiger partial charge is 0.445 e. The first-order valence-electron chi connectivity index (χ1n) is 5.13. The SMILES string of the molecule is CC1(C)C2CC=C(COC(N)=O)C1C2. The Labute approximate surface area is 84.3 Å². The van der Waals surface area contributed by atoms with Crippen molar-refractivity contribution >= 4 is 6.09 Å². The lowest BCUT2D eigenvalue weighted by Gasteiger charge is -2.56. The van der Waals surface area contributed by atoms with E-state index >= 15 is 0 Å². The number of carbonyl (C=O) groups excluding carboxylic acids is 1. The number of fused-ring (bicyclic) bond motifs is 1. The zero-order valence-electron chi connectivity index (χ0n) is 8.75. The van der Waals surface area contributed by atoms with Crippen LogP contribution in [0.3, 0.4) is 0 Å². The summed E-state index contributed by atoms with van der Waals surface area (Å²) in [4.78, 5) is 10.5. The highest BCUT2D eigenvalue weighted by Gasteiger charge is 2.51. The molecule has 0 spiro atoms. The van der Waals surface area contributed by atoms with Crippen LogP contribution in [0.5, 0.6) is 0 Å². The molecule has 3 nitrogen and oxygen atoms in total. The average molecular weight is 195 g/mol. The lowest BCUT2D eigenvalue weighted by atomic mass is 9.49. The molecule has 0 aromatic rings. The summed E-state index contributed by atoms with van der Waals surface area (Å²) in [6.45, 7) is 4.97. The van der Waals surface area contributed by atoms with Crippen LogP contribution in [0, 0.1) is 17.3 Å². The molecule has 3 heteroatoms. The fourth-order valence-corrected chi connectivity index (χ4v) is 2.80. The topological polar surface area (TPSA) is 52.3 Å². The van der Waals surface area contributed by atoms with Crippen molar-refractivity contribution in [2.24, 2.45) is 23.0 Å². The Morgan fingerprint density at radius 1 is 1.71 bits per heavy atom. The molecule has 2 unspecified atom stereocenters. The molecule has 1 fully saturated rings. The van der Waals surface area contributed by atoms with E-state index in [2.05, 4.69) is 19.9 Å². The minimum absolute atomic E-state index is 0.385. The van der Waals surface area contributed by atoms with Crippen LogP contribution in [-0.4, -0.2) is 12.7 Å². The van der Waals surface area contributed by atoms with Crippen molar-refractivity contribution in [3.05, 3.63) is 11.6 Å². The van der Waals surface area contributed by atoms with Gasteiger partial charge in [-0.25, -0.2) is 4.79 Å². The highest BCUT2D eigenvalue weighted by molar-refractivity contribution is 5.64. The third-order valence-electron chi connectivity index (χ3n) is 3.96. The summed E-state index contributed by atoms with van der Waals surface area (Å²) in [6.07, 6.45) is 3.92. The molecular weight excluding hydrogens is 178 g/mol. The molecule has 2 atom stereocenters. The van der Waals surface area contributed by atoms with E-state index in [0.29, 0.717) is 17.9 Å². The predicted molar refractivity (Wildman–Crippen MR) is 53.6 cm³/mol. The van der Waals surface area contributed by atoms with Crippen LogP contribution in [0.1, 0.15) is 26.7 Å². The third-order valence-corrected chi connectivity index (χ3v) is 3.96. The Kier molecular flexibility index (Phi) is 2.05. The van der Waals surface area contributed by atoms with E-state index in [1.165, 1.54) is 12.0 Å². The Morgan fingerprint density at radius 2 is 2.43 bits per heavy atom. The van der Waals surface area contributed by atoms with Gasteiger partial charge in [0.15, 0.2) is 0 Å². The molecule has 0 saturated heterocycles. The lowest BCUT2D eigenvalue weighted by Crippen LogP contribution is -2.48.